The number of aliphatic carboxylic acids is 1. The molecule has 1 N–H and O–H groups in total. The van der Waals surface area contributed by atoms with Crippen molar-refractivity contribution in [3.8, 4) is 0 Å². The van der Waals surface area contributed by atoms with Crippen LogP contribution in [0.25, 0.3) is 0 Å². The maximum absolute atomic E-state index is 11.2. The Bertz CT molecular complexity index is 230. The third-order valence-corrected chi connectivity index (χ3v) is 3.93. The minimum atomic E-state index is -0.630. The summed E-state index contributed by atoms with van der Waals surface area (Å²) < 4.78 is 0. The molecule has 0 amide bonds. The van der Waals surface area contributed by atoms with Gasteiger partial charge in [0.25, 0.3) is 0 Å². The second-order valence-electron chi connectivity index (χ2n) is 5.26. The van der Waals surface area contributed by atoms with E-state index in [1.54, 1.807) is 0 Å². The Morgan fingerprint density at radius 2 is 2.18 bits per heavy atom. The standard InChI is InChI=1S/C14H27NO2/c1-3-5-8-12(4-2)11-15-10-7-6-9-13(15)14(16)17/h12-13H,3-11H2,1-2H3,(H,16,17). The van der Waals surface area contributed by atoms with Crippen LogP contribution in [-0.2, 0) is 4.79 Å². The molecule has 1 saturated heterocycles. The van der Waals surface area contributed by atoms with Gasteiger partial charge >= 0.3 is 5.97 Å². The first-order valence-corrected chi connectivity index (χ1v) is 7.15. The van der Waals surface area contributed by atoms with Gasteiger partial charge in [0.15, 0.2) is 0 Å². The Labute approximate surface area is 105 Å². The maximum atomic E-state index is 11.2. The van der Waals surface area contributed by atoms with Crippen molar-refractivity contribution >= 4 is 5.97 Å². The molecule has 1 rings (SSSR count). The first-order valence-electron chi connectivity index (χ1n) is 7.15. The van der Waals surface area contributed by atoms with E-state index in [4.69, 9.17) is 0 Å². The fourth-order valence-electron chi connectivity index (χ4n) is 2.74. The highest BCUT2D eigenvalue weighted by atomic mass is 16.4. The van der Waals surface area contributed by atoms with Crippen molar-refractivity contribution in [2.45, 2.75) is 64.8 Å². The van der Waals surface area contributed by atoms with Crippen LogP contribution in [-0.4, -0.2) is 35.1 Å². The van der Waals surface area contributed by atoms with Gasteiger partial charge in [0.1, 0.15) is 6.04 Å². The van der Waals surface area contributed by atoms with Crippen molar-refractivity contribution < 1.29 is 9.90 Å². The summed E-state index contributed by atoms with van der Waals surface area (Å²) in [5.74, 6) is 0.0462. The summed E-state index contributed by atoms with van der Waals surface area (Å²) in [5.41, 5.74) is 0. The van der Waals surface area contributed by atoms with E-state index in [-0.39, 0.29) is 6.04 Å². The first-order chi connectivity index (χ1) is 8.19. The molecule has 100 valence electrons. The quantitative estimate of drug-likeness (QED) is 0.744. The van der Waals surface area contributed by atoms with Crippen molar-refractivity contribution in [1.29, 1.82) is 0 Å². The minimum Gasteiger partial charge on any atom is -0.480 e. The maximum Gasteiger partial charge on any atom is 0.320 e. The van der Waals surface area contributed by atoms with Gasteiger partial charge in [-0.3, -0.25) is 9.69 Å². The van der Waals surface area contributed by atoms with Gasteiger partial charge < -0.3 is 5.11 Å². The number of hydrogen-bond acceptors (Lipinski definition) is 2. The lowest BCUT2D eigenvalue weighted by Crippen LogP contribution is -2.46. The summed E-state index contributed by atoms with van der Waals surface area (Å²) in [4.78, 5) is 13.4. The van der Waals surface area contributed by atoms with Gasteiger partial charge in [0.2, 0.25) is 0 Å². The summed E-state index contributed by atoms with van der Waals surface area (Å²) in [6.07, 6.45) is 7.98. The molecule has 1 heterocycles. The largest absolute Gasteiger partial charge is 0.480 e. The van der Waals surface area contributed by atoms with Crippen LogP contribution < -0.4 is 0 Å². The highest BCUT2D eigenvalue weighted by Gasteiger charge is 2.29. The van der Waals surface area contributed by atoms with Crippen molar-refractivity contribution in [2.24, 2.45) is 5.92 Å². The highest BCUT2D eigenvalue weighted by molar-refractivity contribution is 5.73. The number of unbranched alkanes of at least 4 members (excludes halogenated alkanes) is 1. The van der Waals surface area contributed by atoms with Crippen molar-refractivity contribution in [3.05, 3.63) is 0 Å². The van der Waals surface area contributed by atoms with Crippen LogP contribution >= 0.6 is 0 Å². The average molecular weight is 241 g/mol. The average Bonchev–Trinajstić information content (AvgIpc) is 2.34. The molecular weight excluding hydrogens is 214 g/mol. The number of nitrogens with zero attached hydrogens (tertiary/aromatic N) is 1. The molecule has 0 saturated carbocycles. The fraction of sp³-hybridized carbons (Fsp3) is 0.929. The number of carboxylic acids is 1. The van der Waals surface area contributed by atoms with Gasteiger partial charge in [-0.25, -0.2) is 0 Å². The SMILES string of the molecule is CCCCC(CC)CN1CCCCC1C(=O)O. The second kappa shape index (κ2) is 7.70. The predicted octanol–water partition coefficient (Wildman–Crippen LogP) is 3.14. The lowest BCUT2D eigenvalue weighted by atomic mass is 9.95. The van der Waals surface area contributed by atoms with Crippen LogP contribution in [0.4, 0.5) is 0 Å². The van der Waals surface area contributed by atoms with Gasteiger partial charge in [0.05, 0.1) is 0 Å². The van der Waals surface area contributed by atoms with E-state index in [1.807, 2.05) is 0 Å². The van der Waals surface area contributed by atoms with E-state index in [9.17, 15) is 9.90 Å². The molecule has 0 spiro atoms. The summed E-state index contributed by atoms with van der Waals surface area (Å²) in [5, 5.41) is 9.23. The third kappa shape index (κ3) is 4.66. The number of rotatable bonds is 7. The molecule has 3 nitrogen and oxygen atoms in total. The zero-order valence-corrected chi connectivity index (χ0v) is 11.3. The first kappa shape index (κ1) is 14.5. The monoisotopic (exact) mass is 241 g/mol. The summed E-state index contributed by atoms with van der Waals surface area (Å²) in [7, 11) is 0. The van der Waals surface area contributed by atoms with Gasteiger partial charge in [-0.15, -0.1) is 0 Å². The topological polar surface area (TPSA) is 40.5 Å². The van der Waals surface area contributed by atoms with E-state index in [0.717, 1.165) is 32.4 Å². The Kier molecular flexibility index (Phi) is 6.56. The molecule has 1 aliphatic rings. The van der Waals surface area contributed by atoms with Crippen LogP contribution in [0.15, 0.2) is 0 Å². The highest BCUT2D eigenvalue weighted by Crippen LogP contribution is 2.22. The lowest BCUT2D eigenvalue weighted by molar-refractivity contribution is -0.144. The van der Waals surface area contributed by atoms with Gasteiger partial charge in [0, 0.05) is 6.54 Å². The van der Waals surface area contributed by atoms with Crippen molar-refractivity contribution in [1.82, 2.24) is 4.90 Å². The van der Waals surface area contributed by atoms with Gasteiger partial charge in [-0.05, 0) is 31.7 Å². The van der Waals surface area contributed by atoms with E-state index >= 15 is 0 Å². The molecule has 0 radical (unpaired) electrons. The summed E-state index contributed by atoms with van der Waals surface area (Å²) in [6.45, 7) is 6.39. The summed E-state index contributed by atoms with van der Waals surface area (Å²) in [6, 6.07) is -0.223. The van der Waals surface area contributed by atoms with Gasteiger partial charge in [-0.2, -0.15) is 0 Å². The second-order valence-corrected chi connectivity index (χ2v) is 5.26. The number of carboxylic acid groups (broad SMARTS) is 1. The molecule has 2 unspecified atom stereocenters. The van der Waals surface area contributed by atoms with Crippen LogP contribution in [0, 0.1) is 5.92 Å². The van der Waals surface area contributed by atoms with E-state index in [2.05, 4.69) is 18.7 Å². The Hall–Kier alpha value is -0.570. The lowest BCUT2D eigenvalue weighted by Gasteiger charge is -2.35. The van der Waals surface area contributed by atoms with Crippen LogP contribution in [0.1, 0.15) is 58.8 Å². The van der Waals surface area contributed by atoms with E-state index in [1.165, 1.54) is 25.7 Å². The Morgan fingerprint density at radius 3 is 2.76 bits per heavy atom. The number of likely N-dealkylation sites (tertiary alicyclic amines) is 1. The molecule has 2 atom stereocenters. The molecule has 17 heavy (non-hydrogen) atoms. The smallest absolute Gasteiger partial charge is 0.320 e. The normalized spacial score (nSPS) is 23.5. The van der Waals surface area contributed by atoms with Crippen molar-refractivity contribution in [2.75, 3.05) is 13.1 Å². The molecule has 3 heteroatoms. The number of carbonyl (C=O) groups is 1. The van der Waals surface area contributed by atoms with E-state index in [0.29, 0.717) is 5.92 Å². The van der Waals surface area contributed by atoms with Crippen LogP contribution in [0.2, 0.25) is 0 Å². The number of hydrogen-bond donors (Lipinski definition) is 1. The third-order valence-electron chi connectivity index (χ3n) is 3.93. The molecule has 0 aromatic rings. The summed E-state index contributed by atoms with van der Waals surface area (Å²) >= 11 is 0. The van der Waals surface area contributed by atoms with E-state index < -0.39 is 5.97 Å². The zero-order chi connectivity index (χ0) is 12.7. The fourth-order valence-corrected chi connectivity index (χ4v) is 2.74. The zero-order valence-electron chi connectivity index (χ0n) is 11.3. The molecule has 1 fully saturated rings. The molecule has 0 aliphatic carbocycles. The number of piperidine rings is 1. The predicted molar refractivity (Wildman–Crippen MR) is 70.2 cm³/mol. The molecule has 0 aromatic carbocycles. The molecule has 0 aromatic heterocycles. The Morgan fingerprint density at radius 1 is 1.41 bits per heavy atom. The van der Waals surface area contributed by atoms with Crippen LogP contribution in [0.5, 0.6) is 0 Å². The van der Waals surface area contributed by atoms with Crippen LogP contribution in [0.3, 0.4) is 0 Å². The molecule has 0 bridgehead atoms. The van der Waals surface area contributed by atoms with Gasteiger partial charge in [-0.1, -0.05) is 39.5 Å². The Balaban J connectivity index is 2.47. The molecular formula is C14H27NO2. The van der Waals surface area contributed by atoms with Crippen molar-refractivity contribution in [3.63, 3.8) is 0 Å². The minimum absolute atomic E-state index is 0.223. The molecule has 1 aliphatic heterocycles.